The summed E-state index contributed by atoms with van der Waals surface area (Å²) in [6.07, 6.45) is 5.82. The highest BCUT2D eigenvalue weighted by molar-refractivity contribution is 5.74. The standard InChI is InChI=1S/C31H27F3/c1-3-5-25-16-17-27(20-29(25)32)23-11-8-22(9-12-23)10-15-26-18-19-28(31(34)30(26)33)24-13-6-21(4-2)7-14-24/h6-20H,3-5H2,1-2H3/b15-10+. The zero-order chi connectivity index (χ0) is 24.1. The van der Waals surface area contributed by atoms with Gasteiger partial charge in [0.1, 0.15) is 5.82 Å². The minimum Gasteiger partial charge on any atom is -0.207 e. The first-order valence-corrected chi connectivity index (χ1v) is 11.6. The number of rotatable bonds is 7. The summed E-state index contributed by atoms with van der Waals surface area (Å²) < 4.78 is 43.8. The van der Waals surface area contributed by atoms with Crippen molar-refractivity contribution in [2.75, 3.05) is 0 Å². The first kappa shape index (κ1) is 23.6. The highest BCUT2D eigenvalue weighted by Gasteiger charge is 2.13. The zero-order valence-corrected chi connectivity index (χ0v) is 19.4. The summed E-state index contributed by atoms with van der Waals surface area (Å²) in [5.74, 6) is -1.91. The molecule has 0 heterocycles. The Morgan fingerprint density at radius 3 is 1.97 bits per heavy atom. The molecule has 0 unspecified atom stereocenters. The Kier molecular flexibility index (Phi) is 7.32. The monoisotopic (exact) mass is 456 g/mol. The van der Waals surface area contributed by atoms with Gasteiger partial charge in [-0.1, -0.05) is 105 Å². The summed E-state index contributed by atoms with van der Waals surface area (Å²) in [5.41, 5.74) is 5.50. The van der Waals surface area contributed by atoms with Crippen LogP contribution in [0.2, 0.25) is 0 Å². The Morgan fingerprint density at radius 1 is 0.647 bits per heavy atom. The van der Waals surface area contributed by atoms with E-state index < -0.39 is 11.6 Å². The molecule has 4 aromatic rings. The molecule has 0 N–H and O–H groups in total. The van der Waals surface area contributed by atoms with Crippen LogP contribution in [0.15, 0.2) is 78.9 Å². The molecular formula is C31H27F3. The summed E-state index contributed by atoms with van der Waals surface area (Å²) >= 11 is 0. The third-order valence-electron chi connectivity index (χ3n) is 6.06. The van der Waals surface area contributed by atoms with E-state index in [2.05, 4.69) is 6.92 Å². The average Bonchev–Trinajstić information content (AvgIpc) is 2.87. The second-order valence-electron chi connectivity index (χ2n) is 8.39. The van der Waals surface area contributed by atoms with Crippen molar-refractivity contribution < 1.29 is 13.2 Å². The smallest absolute Gasteiger partial charge is 0.167 e. The fourth-order valence-electron chi connectivity index (χ4n) is 4.01. The van der Waals surface area contributed by atoms with E-state index in [-0.39, 0.29) is 16.9 Å². The van der Waals surface area contributed by atoms with Crippen LogP contribution in [0.25, 0.3) is 34.4 Å². The Bertz CT molecular complexity index is 1300. The van der Waals surface area contributed by atoms with E-state index in [4.69, 9.17) is 0 Å². The van der Waals surface area contributed by atoms with Gasteiger partial charge in [-0.25, -0.2) is 13.2 Å². The van der Waals surface area contributed by atoms with Crippen molar-refractivity contribution in [2.24, 2.45) is 0 Å². The van der Waals surface area contributed by atoms with Crippen molar-refractivity contribution in [2.45, 2.75) is 33.1 Å². The maximum absolute atomic E-state index is 14.8. The number of hydrogen-bond donors (Lipinski definition) is 0. The van der Waals surface area contributed by atoms with E-state index in [1.165, 1.54) is 0 Å². The van der Waals surface area contributed by atoms with Gasteiger partial charge < -0.3 is 0 Å². The predicted octanol–water partition coefficient (Wildman–Crippen LogP) is 9.12. The highest BCUT2D eigenvalue weighted by Crippen LogP contribution is 2.28. The van der Waals surface area contributed by atoms with Crippen molar-refractivity contribution in [3.8, 4) is 22.3 Å². The lowest BCUT2D eigenvalue weighted by Gasteiger charge is -2.08. The van der Waals surface area contributed by atoms with Crippen LogP contribution in [-0.4, -0.2) is 0 Å². The molecule has 0 radical (unpaired) electrons. The normalized spacial score (nSPS) is 11.3. The van der Waals surface area contributed by atoms with E-state index in [9.17, 15) is 13.2 Å². The topological polar surface area (TPSA) is 0 Å². The first-order valence-electron chi connectivity index (χ1n) is 11.6. The lowest BCUT2D eigenvalue weighted by Crippen LogP contribution is -1.93. The summed E-state index contributed by atoms with van der Waals surface area (Å²) in [7, 11) is 0. The maximum atomic E-state index is 14.8. The van der Waals surface area contributed by atoms with Gasteiger partial charge in [-0.15, -0.1) is 0 Å². The fraction of sp³-hybridized carbons (Fsp3) is 0.161. The molecule has 4 aromatic carbocycles. The van der Waals surface area contributed by atoms with Crippen LogP contribution in [0.4, 0.5) is 13.2 Å². The van der Waals surface area contributed by atoms with Gasteiger partial charge in [0.05, 0.1) is 0 Å². The van der Waals surface area contributed by atoms with Crippen LogP contribution >= 0.6 is 0 Å². The molecule has 0 amide bonds. The van der Waals surface area contributed by atoms with Crippen LogP contribution in [0.1, 0.15) is 42.5 Å². The van der Waals surface area contributed by atoms with E-state index in [1.54, 1.807) is 30.4 Å². The minimum absolute atomic E-state index is 0.184. The van der Waals surface area contributed by atoms with E-state index >= 15 is 0 Å². The van der Waals surface area contributed by atoms with Crippen LogP contribution in [0.5, 0.6) is 0 Å². The molecule has 0 atom stereocenters. The molecule has 0 bridgehead atoms. The predicted molar refractivity (Wildman–Crippen MR) is 136 cm³/mol. The Hall–Kier alpha value is -3.59. The molecule has 0 aromatic heterocycles. The van der Waals surface area contributed by atoms with Crippen molar-refractivity contribution in [1.82, 2.24) is 0 Å². The molecule has 0 aliphatic carbocycles. The third kappa shape index (κ3) is 5.14. The summed E-state index contributed by atoms with van der Waals surface area (Å²) in [6, 6.07) is 23.6. The fourth-order valence-corrected chi connectivity index (χ4v) is 4.01. The highest BCUT2D eigenvalue weighted by atomic mass is 19.2. The molecule has 0 saturated heterocycles. The zero-order valence-electron chi connectivity index (χ0n) is 19.4. The summed E-state index contributed by atoms with van der Waals surface area (Å²) in [5, 5.41) is 0. The number of halogens is 3. The minimum atomic E-state index is -0.868. The molecule has 3 heteroatoms. The lowest BCUT2D eigenvalue weighted by molar-refractivity contribution is 0.509. The van der Waals surface area contributed by atoms with Gasteiger partial charge in [0.25, 0.3) is 0 Å². The van der Waals surface area contributed by atoms with Gasteiger partial charge >= 0.3 is 0 Å². The second-order valence-corrected chi connectivity index (χ2v) is 8.39. The maximum Gasteiger partial charge on any atom is 0.167 e. The molecule has 4 rings (SSSR count). The third-order valence-corrected chi connectivity index (χ3v) is 6.06. The average molecular weight is 457 g/mol. The number of aryl methyl sites for hydroxylation is 2. The van der Waals surface area contributed by atoms with Crippen molar-refractivity contribution in [1.29, 1.82) is 0 Å². The van der Waals surface area contributed by atoms with Gasteiger partial charge in [0, 0.05) is 11.1 Å². The molecule has 34 heavy (non-hydrogen) atoms. The molecular weight excluding hydrogens is 429 g/mol. The van der Waals surface area contributed by atoms with Gasteiger partial charge in [0.15, 0.2) is 11.6 Å². The van der Waals surface area contributed by atoms with Crippen LogP contribution in [0.3, 0.4) is 0 Å². The van der Waals surface area contributed by atoms with Crippen LogP contribution in [0, 0.1) is 17.5 Å². The largest absolute Gasteiger partial charge is 0.207 e. The molecule has 0 spiro atoms. The van der Waals surface area contributed by atoms with Gasteiger partial charge in [-0.2, -0.15) is 0 Å². The molecule has 0 aliphatic heterocycles. The van der Waals surface area contributed by atoms with Crippen molar-refractivity contribution in [3.05, 3.63) is 119 Å². The molecule has 0 nitrogen and oxygen atoms in total. The SMILES string of the molecule is CCCc1ccc(-c2ccc(/C=C/c3ccc(-c4ccc(CC)cc4)c(F)c3F)cc2)cc1F. The molecule has 0 saturated carbocycles. The Balaban J connectivity index is 1.52. The van der Waals surface area contributed by atoms with Gasteiger partial charge in [0.2, 0.25) is 0 Å². The number of hydrogen-bond acceptors (Lipinski definition) is 0. The van der Waals surface area contributed by atoms with Crippen molar-refractivity contribution >= 4 is 12.2 Å². The summed E-state index contributed by atoms with van der Waals surface area (Å²) in [4.78, 5) is 0. The number of benzene rings is 4. The Morgan fingerprint density at radius 2 is 1.32 bits per heavy atom. The van der Waals surface area contributed by atoms with Gasteiger partial charge in [-0.3, -0.25) is 0 Å². The molecule has 0 fully saturated rings. The quantitative estimate of drug-likeness (QED) is 0.243. The molecule has 172 valence electrons. The first-order chi connectivity index (χ1) is 16.5. The lowest BCUT2D eigenvalue weighted by atomic mass is 9.99. The summed E-state index contributed by atoms with van der Waals surface area (Å²) in [6.45, 7) is 4.08. The Labute approximate surface area is 199 Å². The van der Waals surface area contributed by atoms with Crippen LogP contribution < -0.4 is 0 Å². The van der Waals surface area contributed by atoms with Crippen molar-refractivity contribution in [3.63, 3.8) is 0 Å². The second kappa shape index (κ2) is 10.6. The van der Waals surface area contributed by atoms with Gasteiger partial charge in [-0.05, 0) is 52.3 Å². The van der Waals surface area contributed by atoms with E-state index in [1.807, 2.05) is 67.6 Å². The molecule has 0 aliphatic rings. The van der Waals surface area contributed by atoms with E-state index in [0.29, 0.717) is 5.56 Å². The van der Waals surface area contributed by atoms with E-state index in [0.717, 1.165) is 47.1 Å². The van der Waals surface area contributed by atoms with Crippen LogP contribution in [-0.2, 0) is 12.8 Å².